The second-order valence-corrected chi connectivity index (χ2v) is 6.28. The number of carbonyl (C=O) groups excluding carboxylic acids is 1. The Morgan fingerprint density at radius 1 is 1.26 bits per heavy atom. The molecule has 3 nitrogen and oxygen atoms in total. The van der Waals surface area contributed by atoms with Gasteiger partial charge in [-0.1, -0.05) is 6.92 Å². The van der Waals surface area contributed by atoms with Crippen LogP contribution >= 0.6 is 11.3 Å². The average Bonchev–Trinajstić information content (AvgIpc) is 2.93. The first-order valence-electron chi connectivity index (χ1n) is 7.00. The third-order valence-corrected chi connectivity index (χ3v) is 4.94. The minimum absolute atomic E-state index is 0.0655. The molecule has 2 rings (SSSR count). The average molecular weight is 282 g/mol. The van der Waals surface area contributed by atoms with Gasteiger partial charge in [0.2, 0.25) is 0 Å². The van der Waals surface area contributed by atoms with Crippen molar-refractivity contribution in [3.05, 3.63) is 21.9 Å². The molecule has 4 heteroatoms. The lowest BCUT2D eigenvalue weighted by Crippen LogP contribution is -2.26. The van der Waals surface area contributed by atoms with E-state index in [0.717, 1.165) is 32.1 Å². The maximum absolute atomic E-state index is 11.4. The lowest BCUT2D eigenvalue weighted by Gasteiger charge is -2.26. The predicted molar refractivity (Wildman–Crippen MR) is 76.2 cm³/mol. The van der Waals surface area contributed by atoms with Gasteiger partial charge in [0.25, 0.3) is 0 Å². The van der Waals surface area contributed by atoms with Crippen LogP contribution in [0.5, 0.6) is 0 Å². The molecule has 0 saturated heterocycles. The van der Waals surface area contributed by atoms with Gasteiger partial charge in [0.05, 0.1) is 25.7 Å². The van der Waals surface area contributed by atoms with Crippen molar-refractivity contribution in [2.75, 3.05) is 7.11 Å². The summed E-state index contributed by atoms with van der Waals surface area (Å²) >= 11 is 1.83. The Balaban J connectivity index is 1.72. The fraction of sp³-hybridized carbons (Fsp3) is 0.667. The minimum atomic E-state index is -0.0655. The molecule has 1 saturated carbocycles. The molecule has 0 aliphatic heterocycles. The van der Waals surface area contributed by atoms with Crippen molar-refractivity contribution in [1.29, 1.82) is 0 Å². The lowest BCUT2D eigenvalue weighted by molar-refractivity contribution is -0.147. The van der Waals surface area contributed by atoms with Crippen molar-refractivity contribution in [3.8, 4) is 0 Å². The van der Waals surface area contributed by atoms with E-state index in [1.54, 1.807) is 0 Å². The van der Waals surface area contributed by atoms with Crippen molar-refractivity contribution in [2.24, 2.45) is 5.92 Å². The molecular weight excluding hydrogens is 260 g/mol. The van der Waals surface area contributed by atoms with Gasteiger partial charge < -0.3 is 9.47 Å². The first-order chi connectivity index (χ1) is 9.22. The Bertz CT molecular complexity index is 405. The van der Waals surface area contributed by atoms with Gasteiger partial charge in [-0.3, -0.25) is 4.79 Å². The minimum Gasteiger partial charge on any atom is -0.469 e. The number of rotatable bonds is 5. The van der Waals surface area contributed by atoms with E-state index in [1.165, 1.54) is 16.9 Å². The lowest BCUT2D eigenvalue weighted by atomic mass is 9.87. The molecule has 1 aliphatic rings. The topological polar surface area (TPSA) is 35.5 Å². The van der Waals surface area contributed by atoms with Gasteiger partial charge in [0, 0.05) is 9.75 Å². The summed E-state index contributed by atoms with van der Waals surface area (Å²) in [5.74, 6) is 0.0163. The third-order valence-electron chi connectivity index (χ3n) is 3.74. The van der Waals surface area contributed by atoms with Crippen molar-refractivity contribution < 1.29 is 14.3 Å². The Labute approximate surface area is 118 Å². The van der Waals surface area contributed by atoms with Crippen LogP contribution in [0.3, 0.4) is 0 Å². The van der Waals surface area contributed by atoms with Crippen molar-refractivity contribution >= 4 is 17.3 Å². The Kier molecular flexibility index (Phi) is 5.40. The van der Waals surface area contributed by atoms with Crippen molar-refractivity contribution in [1.82, 2.24) is 0 Å². The summed E-state index contributed by atoms with van der Waals surface area (Å²) in [4.78, 5) is 14.1. The molecule has 0 atom stereocenters. The highest BCUT2D eigenvalue weighted by Gasteiger charge is 2.27. The van der Waals surface area contributed by atoms with E-state index < -0.39 is 0 Å². The Hall–Kier alpha value is -0.870. The van der Waals surface area contributed by atoms with Gasteiger partial charge in [-0.2, -0.15) is 0 Å². The highest BCUT2D eigenvalue weighted by Crippen LogP contribution is 2.28. The second kappa shape index (κ2) is 7.06. The monoisotopic (exact) mass is 282 g/mol. The molecule has 0 spiro atoms. The first-order valence-corrected chi connectivity index (χ1v) is 7.81. The fourth-order valence-corrected chi connectivity index (χ4v) is 3.40. The Morgan fingerprint density at radius 2 is 1.95 bits per heavy atom. The van der Waals surface area contributed by atoms with Crippen LogP contribution in [0.2, 0.25) is 0 Å². The maximum atomic E-state index is 11.4. The van der Waals surface area contributed by atoms with Crippen LogP contribution in [-0.4, -0.2) is 19.2 Å². The van der Waals surface area contributed by atoms with E-state index >= 15 is 0 Å². The van der Waals surface area contributed by atoms with Crippen LogP contribution in [0.1, 0.15) is 42.4 Å². The van der Waals surface area contributed by atoms with Gasteiger partial charge >= 0.3 is 5.97 Å². The number of carbonyl (C=O) groups is 1. The molecule has 1 aromatic heterocycles. The molecule has 1 aliphatic carbocycles. The van der Waals surface area contributed by atoms with Crippen molar-refractivity contribution in [2.45, 2.75) is 51.7 Å². The largest absolute Gasteiger partial charge is 0.469 e. The normalized spacial score (nSPS) is 23.3. The molecule has 106 valence electrons. The molecule has 0 radical (unpaired) electrons. The molecule has 0 N–H and O–H groups in total. The number of hydrogen-bond acceptors (Lipinski definition) is 4. The Morgan fingerprint density at radius 3 is 2.53 bits per heavy atom. The second-order valence-electron chi connectivity index (χ2n) is 5.03. The predicted octanol–water partition coefficient (Wildman–Crippen LogP) is 3.56. The summed E-state index contributed by atoms with van der Waals surface area (Å²) < 4.78 is 10.7. The van der Waals surface area contributed by atoms with Gasteiger partial charge in [-0.15, -0.1) is 11.3 Å². The van der Waals surface area contributed by atoms with Crippen LogP contribution in [0.4, 0.5) is 0 Å². The van der Waals surface area contributed by atoms with Gasteiger partial charge in [-0.05, 0) is 44.2 Å². The molecule has 0 aromatic carbocycles. The van der Waals surface area contributed by atoms with Crippen LogP contribution in [0.15, 0.2) is 12.1 Å². The fourth-order valence-electron chi connectivity index (χ4n) is 2.52. The highest BCUT2D eigenvalue weighted by molar-refractivity contribution is 7.11. The summed E-state index contributed by atoms with van der Waals surface area (Å²) in [6.07, 6.45) is 5.10. The molecule has 0 unspecified atom stereocenters. The zero-order valence-corrected chi connectivity index (χ0v) is 12.5. The van der Waals surface area contributed by atoms with E-state index in [0.29, 0.717) is 12.7 Å². The van der Waals surface area contributed by atoms with Crippen LogP contribution in [0.25, 0.3) is 0 Å². The quantitative estimate of drug-likeness (QED) is 0.775. The number of thiophene rings is 1. The zero-order chi connectivity index (χ0) is 13.7. The molecular formula is C15H22O3S. The van der Waals surface area contributed by atoms with E-state index in [2.05, 4.69) is 19.1 Å². The smallest absolute Gasteiger partial charge is 0.308 e. The van der Waals surface area contributed by atoms with Gasteiger partial charge in [-0.25, -0.2) is 0 Å². The molecule has 0 amide bonds. The molecule has 0 bridgehead atoms. The number of methoxy groups -OCH3 is 1. The molecule has 19 heavy (non-hydrogen) atoms. The first kappa shape index (κ1) is 14.5. The van der Waals surface area contributed by atoms with E-state index in [1.807, 2.05) is 11.3 Å². The standard InChI is InChI=1S/C15H22O3S/c1-3-13-8-9-14(19-13)10-18-12-6-4-11(5-7-12)15(16)17-2/h8-9,11-12H,3-7,10H2,1-2H3. The van der Waals surface area contributed by atoms with Gasteiger partial charge in [0.15, 0.2) is 0 Å². The highest BCUT2D eigenvalue weighted by atomic mass is 32.1. The van der Waals surface area contributed by atoms with Crippen LogP contribution in [0, 0.1) is 5.92 Å². The van der Waals surface area contributed by atoms with E-state index in [4.69, 9.17) is 9.47 Å². The van der Waals surface area contributed by atoms with Crippen LogP contribution in [-0.2, 0) is 27.3 Å². The summed E-state index contributed by atoms with van der Waals surface area (Å²) in [7, 11) is 1.47. The third kappa shape index (κ3) is 4.05. The SMILES string of the molecule is CCc1ccc(COC2CCC(C(=O)OC)CC2)s1. The summed E-state index contributed by atoms with van der Waals surface area (Å²) in [5.41, 5.74) is 0. The maximum Gasteiger partial charge on any atom is 0.308 e. The molecule has 1 heterocycles. The molecule has 1 fully saturated rings. The molecule has 1 aromatic rings. The van der Waals surface area contributed by atoms with E-state index in [-0.39, 0.29) is 11.9 Å². The summed E-state index contributed by atoms with van der Waals surface area (Å²) in [5, 5.41) is 0. The van der Waals surface area contributed by atoms with Crippen molar-refractivity contribution in [3.63, 3.8) is 0 Å². The number of esters is 1. The van der Waals surface area contributed by atoms with Crippen LogP contribution < -0.4 is 0 Å². The number of aryl methyl sites for hydroxylation is 1. The summed E-state index contributed by atoms with van der Waals surface area (Å²) in [6.45, 7) is 2.88. The number of hydrogen-bond donors (Lipinski definition) is 0. The zero-order valence-electron chi connectivity index (χ0n) is 11.7. The van der Waals surface area contributed by atoms with E-state index in [9.17, 15) is 4.79 Å². The van der Waals surface area contributed by atoms with Gasteiger partial charge in [0.1, 0.15) is 0 Å². The summed E-state index contributed by atoms with van der Waals surface area (Å²) in [6, 6.07) is 4.33. The number of ether oxygens (including phenoxy) is 2.